The van der Waals surface area contributed by atoms with Gasteiger partial charge in [-0.2, -0.15) is 0 Å². The fourth-order valence-electron chi connectivity index (χ4n) is 3.49. The Balaban J connectivity index is 1.71. The van der Waals surface area contributed by atoms with Crippen molar-refractivity contribution in [2.75, 3.05) is 0 Å². The number of Topliss-reactive ketones (excluding diaryl/α,β-unsaturated/α-hetero) is 1. The summed E-state index contributed by atoms with van der Waals surface area (Å²) in [5.74, 6) is 0.0891. The molecule has 0 radical (unpaired) electrons. The van der Waals surface area contributed by atoms with Crippen LogP contribution in [0, 0.1) is 11.7 Å². The maximum atomic E-state index is 12.9. The molecule has 0 aliphatic carbocycles. The lowest BCUT2D eigenvalue weighted by Crippen LogP contribution is -2.44. The van der Waals surface area contributed by atoms with Crippen molar-refractivity contribution < 1.29 is 18.7 Å². The highest BCUT2D eigenvalue weighted by atomic mass is 19.1. The summed E-state index contributed by atoms with van der Waals surface area (Å²) in [6.45, 7) is 6.40. The second kappa shape index (κ2) is 4.89. The molecule has 0 unspecified atom stereocenters. The molecule has 2 bridgehead atoms. The lowest BCUT2D eigenvalue weighted by molar-refractivity contribution is -0.136. The van der Waals surface area contributed by atoms with Gasteiger partial charge in [-0.25, -0.2) is 4.39 Å². The molecule has 114 valence electrons. The van der Waals surface area contributed by atoms with Gasteiger partial charge in [-0.15, -0.1) is 0 Å². The Morgan fingerprint density at radius 3 is 2.62 bits per heavy atom. The Hall–Kier alpha value is -1.26. The van der Waals surface area contributed by atoms with Crippen LogP contribution in [0.3, 0.4) is 0 Å². The van der Waals surface area contributed by atoms with E-state index in [2.05, 4.69) is 0 Å². The quantitative estimate of drug-likeness (QED) is 0.854. The third-order valence-corrected chi connectivity index (χ3v) is 4.87. The zero-order valence-corrected chi connectivity index (χ0v) is 12.7. The number of hydrogen-bond donors (Lipinski definition) is 0. The number of hydrogen-bond acceptors (Lipinski definition) is 3. The molecule has 1 aromatic rings. The molecule has 3 rings (SSSR count). The van der Waals surface area contributed by atoms with E-state index in [1.165, 1.54) is 12.1 Å². The summed E-state index contributed by atoms with van der Waals surface area (Å²) >= 11 is 0. The second-order valence-electron chi connectivity index (χ2n) is 6.69. The van der Waals surface area contributed by atoms with Gasteiger partial charge in [-0.1, -0.05) is 26.0 Å². The number of halogens is 1. The van der Waals surface area contributed by atoms with E-state index in [-0.39, 0.29) is 23.6 Å². The van der Waals surface area contributed by atoms with Gasteiger partial charge in [0.2, 0.25) is 0 Å². The molecule has 0 aromatic heterocycles. The average molecular weight is 292 g/mol. The predicted molar refractivity (Wildman–Crippen MR) is 76.3 cm³/mol. The van der Waals surface area contributed by atoms with E-state index >= 15 is 0 Å². The van der Waals surface area contributed by atoms with Crippen molar-refractivity contribution >= 4 is 5.78 Å². The van der Waals surface area contributed by atoms with E-state index in [9.17, 15) is 9.18 Å². The van der Waals surface area contributed by atoms with Gasteiger partial charge in [0.25, 0.3) is 0 Å². The molecule has 0 saturated carbocycles. The summed E-state index contributed by atoms with van der Waals surface area (Å²) < 4.78 is 25.0. The van der Waals surface area contributed by atoms with Gasteiger partial charge in [0.1, 0.15) is 11.4 Å². The average Bonchev–Trinajstić information content (AvgIpc) is 2.86. The Kier molecular flexibility index (Phi) is 3.41. The van der Waals surface area contributed by atoms with Crippen LogP contribution in [0.5, 0.6) is 0 Å². The van der Waals surface area contributed by atoms with Gasteiger partial charge in [0, 0.05) is 12.8 Å². The van der Waals surface area contributed by atoms with Crippen LogP contribution >= 0.6 is 0 Å². The van der Waals surface area contributed by atoms with Gasteiger partial charge in [0.15, 0.2) is 5.78 Å². The van der Waals surface area contributed by atoms with Gasteiger partial charge in [-0.3, -0.25) is 4.79 Å². The topological polar surface area (TPSA) is 35.5 Å². The number of rotatable bonds is 4. The van der Waals surface area contributed by atoms with E-state index in [0.29, 0.717) is 19.4 Å². The molecule has 0 N–H and O–H groups in total. The Morgan fingerprint density at radius 2 is 2.05 bits per heavy atom. The van der Waals surface area contributed by atoms with Crippen LogP contribution in [0.4, 0.5) is 4.39 Å². The molecule has 3 atom stereocenters. The van der Waals surface area contributed by atoms with Crippen molar-refractivity contribution in [3.8, 4) is 0 Å². The lowest BCUT2D eigenvalue weighted by atomic mass is 9.74. The van der Waals surface area contributed by atoms with E-state index in [4.69, 9.17) is 9.47 Å². The maximum absolute atomic E-state index is 12.9. The third-order valence-electron chi connectivity index (χ3n) is 4.87. The van der Waals surface area contributed by atoms with Gasteiger partial charge in [-0.05, 0) is 30.5 Å². The molecule has 2 aliphatic heterocycles. The first-order chi connectivity index (χ1) is 9.86. The molecule has 2 heterocycles. The van der Waals surface area contributed by atoms with Crippen molar-refractivity contribution in [2.45, 2.75) is 57.5 Å². The van der Waals surface area contributed by atoms with Crippen LogP contribution in [0.25, 0.3) is 0 Å². The molecule has 4 heteroatoms. The highest BCUT2D eigenvalue weighted by molar-refractivity contribution is 5.92. The number of ketones is 1. The van der Waals surface area contributed by atoms with Crippen LogP contribution in [0.15, 0.2) is 24.3 Å². The van der Waals surface area contributed by atoms with Crippen molar-refractivity contribution in [2.24, 2.45) is 5.92 Å². The molecule has 2 aliphatic rings. The van der Waals surface area contributed by atoms with Crippen LogP contribution < -0.4 is 0 Å². The molecule has 2 saturated heterocycles. The van der Waals surface area contributed by atoms with Crippen LogP contribution in [0.1, 0.15) is 39.2 Å². The van der Waals surface area contributed by atoms with Gasteiger partial charge < -0.3 is 9.47 Å². The lowest BCUT2D eigenvalue weighted by Gasteiger charge is -2.30. The number of carbonyl (C=O) groups excluding carboxylic acids is 1. The van der Waals surface area contributed by atoms with Crippen LogP contribution in [-0.2, 0) is 20.9 Å². The predicted octanol–water partition coefficient (Wildman–Crippen LogP) is 3.26. The summed E-state index contributed by atoms with van der Waals surface area (Å²) in [6, 6.07) is 6.29. The summed E-state index contributed by atoms with van der Waals surface area (Å²) in [6.07, 6.45) is 0.933. The number of carbonyl (C=O) groups is 1. The van der Waals surface area contributed by atoms with Crippen molar-refractivity contribution in [1.82, 2.24) is 0 Å². The SMILES string of the molecule is CC(C)[C@]12C[C@@H](OCc3ccc(F)cc3)[C@](C)(CC1=O)O2. The summed E-state index contributed by atoms with van der Waals surface area (Å²) in [4.78, 5) is 12.2. The minimum absolute atomic E-state index is 0.0948. The van der Waals surface area contributed by atoms with E-state index < -0.39 is 11.2 Å². The van der Waals surface area contributed by atoms with Crippen molar-refractivity contribution in [1.29, 1.82) is 0 Å². The first-order valence-electron chi connectivity index (χ1n) is 7.45. The molecule has 0 amide bonds. The molecule has 1 aromatic carbocycles. The molecule has 0 spiro atoms. The highest BCUT2D eigenvalue weighted by Crippen LogP contribution is 2.53. The second-order valence-corrected chi connectivity index (χ2v) is 6.69. The van der Waals surface area contributed by atoms with E-state index in [1.54, 1.807) is 12.1 Å². The standard InChI is InChI=1S/C17H21FO3/c1-11(2)17-9-15(16(3,21-17)8-14(17)19)20-10-12-4-6-13(18)7-5-12/h4-7,11,15H,8-10H2,1-3H3/t15-,16+,17-/m1/s1. The van der Waals surface area contributed by atoms with Crippen LogP contribution in [0.2, 0.25) is 0 Å². The maximum Gasteiger partial charge on any atom is 0.167 e. The Morgan fingerprint density at radius 1 is 1.38 bits per heavy atom. The highest BCUT2D eigenvalue weighted by Gasteiger charge is 2.65. The molecule has 21 heavy (non-hydrogen) atoms. The molecular formula is C17H21FO3. The summed E-state index contributed by atoms with van der Waals surface area (Å²) in [5, 5.41) is 0. The number of ether oxygens (including phenoxy) is 2. The molecular weight excluding hydrogens is 271 g/mol. The first kappa shape index (κ1) is 14.7. The first-order valence-corrected chi connectivity index (χ1v) is 7.45. The van der Waals surface area contributed by atoms with E-state index in [0.717, 1.165) is 5.56 Å². The summed E-state index contributed by atoms with van der Waals surface area (Å²) in [5.41, 5.74) is -0.281. The fourth-order valence-corrected chi connectivity index (χ4v) is 3.49. The Bertz CT molecular complexity index is 554. The fraction of sp³-hybridized carbons (Fsp3) is 0.588. The third kappa shape index (κ3) is 2.30. The Labute approximate surface area is 124 Å². The van der Waals surface area contributed by atoms with Crippen molar-refractivity contribution in [3.63, 3.8) is 0 Å². The number of benzene rings is 1. The van der Waals surface area contributed by atoms with Gasteiger partial charge in [0.05, 0.1) is 18.3 Å². The smallest absolute Gasteiger partial charge is 0.167 e. The van der Waals surface area contributed by atoms with Crippen LogP contribution in [-0.4, -0.2) is 23.1 Å². The minimum Gasteiger partial charge on any atom is -0.370 e. The largest absolute Gasteiger partial charge is 0.370 e. The molecule has 2 fully saturated rings. The normalized spacial score (nSPS) is 34.9. The molecule has 3 nitrogen and oxygen atoms in total. The van der Waals surface area contributed by atoms with E-state index in [1.807, 2.05) is 20.8 Å². The zero-order chi connectivity index (χ0) is 15.3. The monoisotopic (exact) mass is 292 g/mol. The van der Waals surface area contributed by atoms with Crippen molar-refractivity contribution in [3.05, 3.63) is 35.6 Å². The van der Waals surface area contributed by atoms with Gasteiger partial charge >= 0.3 is 0 Å². The summed E-state index contributed by atoms with van der Waals surface area (Å²) in [7, 11) is 0. The number of fused-ring (bicyclic) bond motifs is 2. The zero-order valence-electron chi connectivity index (χ0n) is 12.7. The minimum atomic E-state index is -0.678.